The molecule has 0 aromatic heterocycles. The number of carbonyl (C=O) groups excluding carboxylic acids is 2. The van der Waals surface area contributed by atoms with Crippen molar-refractivity contribution in [1.82, 2.24) is 10.2 Å². The van der Waals surface area contributed by atoms with Crippen molar-refractivity contribution in [3.8, 4) is 0 Å². The van der Waals surface area contributed by atoms with E-state index in [1.54, 1.807) is 27.7 Å². The molecule has 5 nitrogen and oxygen atoms in total. The molecule has 0 bridgehead atoms. The summed E-state index contributed by atoms with van der Waals surface area (Å²) in [5.74, 6) is 1.54. The van der Waals surface area contributed by atoms with Gasteiger partial charge in [-0.3, -0.25) is 4.79 Å². The Morgan fingerprint density at radius 1 is 1.32 bits per heavy atom. The molecular weight excluding hydrogens is 244 g/mol. The Bertz CT molecular complexity index is 375. The lowest BCUT2D eigenvalue weighted by atomic mass is 10.1. The number of carbonyl (C=O) groups is 2. The fourth-order valence-corrected chi connectivity index (χ4v) is 2.60. The molecule has 1 saturated carbocycles. The van der Waals surface area contributed by atoms with Gasteiger partial charge in [-0.2, -0.15) is 0 Å². The van der Waals surface area contributed by atoms with Crippen molar-refractivity contribution < 1.29 is 14.3 Å². The number of fused-ring (bicyclic) bond motifs is 1. The van der Waals surface area contributed by atoms with Gasteiger partial charge in [0.05, 0.1) is 0 Å². The van der Waals surface area contributed by atoms with Crippen LogP contribution in [0.1, 0.15) is 40.5 Å². The van der Waals surface area contributed by atoms with E-state index in [1.165, 1.54) is 6.42 Å². The van der Waals surface area contributed by atoms with Crippen LogP contribution < -0.4 is 5.32 Å². The van der Waals surface area contributed by atoms with E-state index in [-0.39, 0.29) is 5.91 Å². The third-order valence-electron chi connectivity index (χ3n) is 3.71. The number of hydrogen-bond acceptors (Lipinski definition) is 3. The standard InChI is InChI=1S/C14H24N2O3/c1-9(15-13(18)19-14(2,3)4)12(17)16-6-5-10-7-11(10)8-16/h9-11H,5-8H2,1-4H3,(H,15,18)/t9-,10?,11?/m1/s1. The van der Waals surface area contributed by atoms with Crippen molar-refractivity contribution in [3.05, 3.63) is 0 Å². The van der Waals surface area contributed by atoms with Crippen LogP contribution in [-0.4, -0.2) is 41.6 Å². The molecule has 0 spiro atoms. The fourth-order valence-electron chi connectivity index (χ4n) is 2.60. The molecule has 2 fully saturated rings. The molecular formula is C14H24N2O3. The zero-order chi connectivity index (χ0) is 14.2. The molecule has 2 aliphatic rings. The van der Waals surface area contributed by atoms with Gasteiger partial charge in [0, 0.05) is 13.1 Å². The highest BCUT2D eigenvalue weighted by Crippen LogP contribution is 2.44. The van der Waals surface area contributed by atoms with E-state index >= 15 is 0 Å². The van der Waals surface area contributed by atoms with Crippen LogP contribution in [0.5, 0.6) is 0 Å². The summed E-state index contributed by atoms with van der Waals surface area (Å²) in [7, 11) is 0. The highest BCUT2D eigenvalue weighted by atomic mass is 16.6. The minimum Gasteiger partial charge on any atom is -0.444 e. The molecule has 108 valence electrons. The molecule has 0 radical (unpaired) electrons. The Morgan fingerprint density at radius 3 is 2.58 bits per heavy atom. The van der Waals surface area contributed by atoms with Gasteiger partial charge in [0.15, 0.2) is 0 Å². The van der Waals surface area contributed by atoms with Crippen molar-refractivity contribution in [2.75, 3.05) is 13.1 Å². The number of amides is 2. The predicted octanol–water partition coefficient (Wildman–Crippen LogP) is 1.77. The first-order chi connectivity index (χ1) is 8.76. The molecule has 2 rings (SSSR count). The second kappa shape index (κ2) is 5.02. The monoisotopic (exact) mass is 268 g/mol. The van der Waals surface area contributed by atoms with Crippen molar-refractivity contribution >= 4 is 12.0 Å². The van der Waals surface area contributed by atoms with Crippen LogP contribution in [0.15, 0.2) is 0 Å². The molecule has 1 aliphatic heterocycles. The SMILES string of the molecule is C[C@@H](NC(=O)OC(C)(C)C)C(=O)N1CCC2CC2C1. The van der Waals surface area contributed by atoms with Crippen LogP contribution in [-0.2, 0) is 9.53 Å². The summed E-state index contributed by atoms with van der Waals surface area (Å²) < 4.78 is 5.15. The fraction of sp³-hybridized carbons (Fsp3) is 0.857. The van der Waals surface area contributed by atoms with E-state index in [9.17, 15) is 9.59 Å². The predicted molar refractivity (Wildman–Crippen MR) is 71.6 cm³/mol. The quantitative estimate of drug-likeness (QED) is 0.830. The first-order valence-corrected chi connectivity index (χ1v) is 7.04. The number of likely N-dealkylation sites (tertiary alicyclic amines) is 1. The van der Waals surface area contributed by atoms with Crippen LogP contribution in [0.4, 0.5) is 4.79 Å². The number of nitrogens with zero attached hydrogens (tertiary/aromatic N) is 1. The maximum atomic E-state index is 12.2. The Morgan fingerprint density at radius 2 is 2.00 bits per heavy atom. The summed E-state index contributed by atoms with van der Waals surface area (Å²) in [6.07, 6.45) is 1.84. The summed E-state index contributed by atoms with van der Waals surface area (Å²) in [5.41, 5.74) is -0.542. The van der Waals surface area contributed by atoms with Crippen molar-refractivity contribution in [3.63, 3.8) is 0 Å². The van der Waals surface area contributed by atoms with Crippen LogP contribution in [0.25, 0.3) is 0 Å². The van der Waals surface area contributed by atoms with Crippen molar-refractivity contribution in [2.45, 2.75) is 52.2 Å². The minimum absolute atomic E-state index is 0.00351. The minimum atomic E-state index is -0.542. The van der Waals surface area contributed by atoms with E-state index in [0.29, 0.717) is 5.92 Å². The van der Waals surface area contributed by atoms with E-state index in [1.807, 2.05) is 4.90 Å². The molecule has 1 saturated heterocycles. The summed E-state index contributed by atoms with van der Waals surface area (Å²) in [6, 6.07) is -0.523. The molecule has 19 heavy (non-hydrogen) atoms. The lowest BCUT2D eigenvalue weighted by Gasteiger charge is -2.29. The van der Waals surface area contributed by atoms with Gasteiger partial charge in [0.25, 0.3) is 0 Å². The Kier molecular flexibility index (Phi) is 3.74. The molecule has 1 aliphatic carbocycles. The van der Waals surface area contributed by atoms with Gasteiger partial charge in [0.1, 0.15) is 11.6 Å². The highest BCUT2D eigenvalue weighted by Gasteiger charge is 2.43. The van der Waals surface area contributed by atoms with E-state index < -0.39 is 17.7 Å². The Balaban J connectivity index is 1.80. The van der Waals surface area contributed by atoms with E-state index in [0.717, 1.165) is 25.4 Å². The zero-order valence-corrected chi connectivity index (χ0v) is 12.2. The highest BCUT2D eigenvalue weighted by molar-refractivity contribution is 5.85. The summed E-state index contributed by atoms with van der Waals surface area (Å²) in [5, 5.41) is 2.61. The van der Waals surface area contributed by atoms with Gasteiger partial charge in [-0.05, 0) is 52.4 Å². The second-order valence-corrected chi connectivity index (χ2v) is 6.70. The van der Waals surface area contributed by atoms with Gasteiger partial charge in [0.2, 0.25) is 5.91 Å². The Hall–Kier alpha value is -1.26. The second-order valence-electron chi connectivity index (χ2n) is 6.70. The maximum Gasteiger partial charge on any atom is 0.408 e. The summed E-state index contributed by atoms with van der Waals surface area (Å²) in [6.45, 7) is 8.79. The zero-order valence-electron chi connectivity index (χ0n) is 12.2. The largest absolute Gasteiger partial charge is 0.444 e. The number of ether oxygens (including phenoxy) is 1. The number of rotatable bonds is 2. The lowest BCUT2D eigenvalue weighted by Crippen LogP contribution is -2.49. The topological polar surface area (TPSA) is 58.6 Å². The molecule has 2 amide bonds. The average Bonchev–Trinajstić information content (AvgIpc) is 3.02. The van der Waals surface area contributed by atoms with Crippen LogP contribution in [0.3, 0.4) is 0 Å². The maximum absolute atomic E-state index is 12.2. The number of alkyl carbamates (subject to hydrolysis) is 1. The van der Waals surface area contributed by atoms with Gasteiger partial charge < -0.3 is 15.0 Å². The summed E-state index contributed by atoms with van der Waals surface area (Å²) >= 11 is 0. The van der Waals surface area contributed by atoms with Gasteiger partial charge >= 0.3 is 6.09 Å². The third-order valence-corrected chi connectivity index (χ3v) is 3.71. The van der Waals surface area contributed by atoms with Gasteiger partial charge in [-0.1, -0.05) is 0 Å². The van der Waals surface area contributed by atoms with E-state index in [2.05, 4.69) is 5.32 Å². The number of nitrogens with one attached hydrogen (secondary N) is 1. The van der Waals surface area contributed by atoms with Crippen molar-refractivity contribution in [1.29, 1.82) is 0 Å². The average molecular weight is 268 g/mol. The Labute approximate surface area is 114 Å². The molecule has 0 aromatic carbocycles. The molecule has 1 N–H and O–H groups in total. The van der Waals surface area contributed by atoms with Gasteiger partial charge in [-0.25, -0.2) is 4.79 Å². The lowest BCUT2D eigenvalue weighted by molar-refractivity contribution is -0.134. The third kappa shape index (κ3) is 3.85. The first-order valence-electron chi connectivity index (χ1n) is 7.04. The molecule has 2 unspecified atom stereocenters. The number of piperidine rings is 1. The molecule has 3 atom stereocenters. The molecule has 0 aromatic rings. The molecule has 1 heterocycles. The van der Waals surface area contributed by atoms with Crippen LogP contribution >= 0.6 is 0 Å². The van der Waals surface area contributed by atoms with Crippen LogP contribution in [0.2, 0.25) is 0 Å². The normalized spacial score (nSPS) is 27.3. The van der Waals surface area contributed by atoms with Crippen molar-refractivity contribution in [2.24, 2.45) is 11.8 Å². The van der Waals surface area contributed by atoms with E-state index in [4.69, 9.17) is 4.74 Å². The number of hydrogen-bond donors (Lipinski definition) is 1. The smallest absolute Gasteiger partial charge is 0.408 e. The van der Waals surface area contributed by atoms with Crippen LogP contribution in [0, 0.1) is 11.8 Å². The van der Waals surface area contributed by atoms with Gasteiger partial charge in [-0.15, -0.1) is 0 Å². The molecule has 5 heteroatoms. The summed E-state index contributed by atoms with van der Waals surface area (Å²) in [4.78, 5) is 25.7. The first kappa shape index (κ1) is 14.2.